The number of anilines is 1. The van der Waals surface area contributed by atoms with Crippen molar-refractivity contribution in [2.75, 3.05) is 5.32 Å². The quantitative estimate of drug-likeness (QED) is 0.863. The number of nitrogens with zero attached hydrogens (tertiary/aromatic N) is 1. The van der Waals surface area contributed by atoms with Gasteiger partial charge in [0.15, 0.2) is 0 Å². The molecule has 0 amide bonds. The van der Waals surface area contributed by atoms with Gasteiger partial charge in [0.05, 0.1) is 11.6 Å². The molecule has 26 heavy (non-hydrogen) atoms. The first-order chi connectivity index (χ1) is 12.5. The lowest BCUT2D eigenvalue weighted by Gasteiger charge is -2.31. The molecule has 1 aromatic heterocycles. The van der Waals surface area contributed by atoms with Crippen molar-refractivity contribution in [1.29, 1.82) is 0 Å². The number of nitrogens with one attached hydrogen (secondary N) is 2. The van der Waals surface area contributed by atoms with Crippen LogP contribution in [-0.2, 0) is 6.42 Å². The van der Waals surface area contributed by atoms with E-state index in [9.17, 15) is 18.4 Å². The van der Waals surface area contributed by atoms with Crippen LogP contribution < -0.4 is 16.6 Å². The number of aromatic nitrogens is 2. The number of halogens is 2. The number of fused-ring (bicyclic) bond motifs is 1. The van der Waals surface area contributed by atoms with Crippen molar-refractivity contribution < 1.29 is 8.78 Å². The van der Waals surface area contributed by atoms with Crippen LogP contribution in [0.15, 0.2) is 33.9 Å². The Kier molecular flexibility index (Phi) is 4.38. The monoisotopic (exact) mass is 361 g/mol. The summed E-state index contributed by atoms with van der Waals surface area (Å²) in [5.74, 6) is -0.210. The van der Waals surface area contributed by atoms with E-state index >= 15 is 0 Å². The Morgan fingerprint density at radius 3 is 2.62 bits per heavy atom. The van der Waals surface area contributed by atoms with E-state index in [2.05, 4.69) is 10.3 Å². The van der Waals surface area contributed by atoms with Crippen molar-refractivity contribution in [3.05, 3.63) is 62.0 Å². The van der Waals surface area contributed by atoms with E-state index in [1.807, 2.05) is 0 Å². The Balaban J connectivity index is 1.72. The molecule has 2 heterocycles. The lowest BCUT2D eigenvalue weighted by Crippen LogP contribution is -2.44. The summed E-state index contributed by atoms with van der Waals surface area (Å²) in [6, 6.07) is 4.76. The zero-order valence-corrected chi connectivity index (χ0v) is 14.3. The number of hydrogen-bond donors (Lipinski definition) is 2. The second-order valence-electron chi connectivity index (χ2n) is 7.15. The molecule has 2 N–H and O–H groups in total. The molecule has 0 radical (unpaired) electrons. The molecule has 1 saturated carbocycles. The van der Waals surface area contributed by atoms with Crippen molar-refractivity contribution in [3.8, 4) is 0 Å². The van der Waals surface area contributed by atoms with Crippen LogP contribution in [0, 0.1) is 5.82 Å². The molecule has 1 aromatic carbocycles. The molecule has 2 aromatic rings. The highest BCUT2D eigenvalue weighted by atomic mass is 19.1. The summed E-state index contributed by atoms with van der Waals surface area (Å²) in [4.78, 5) is 28.1. The number of benzene rings is 1. The maximum absolute atomic E-state index is 14.8. The summed E-state index contributed by atoms with van der Waals surface area (Å²) < 4.78 is 29.5. The minimum atomic E-state index is -1.39. The highest BCUT2D eigenvalue weighted by molar-refractivity contribution is 5.49. The molecule has 1 aliphatic heterocycles. The summed E-state index contributed by atoms with van der Waals surface area (Å²) in [7, 11) is 0. The number of alkyl halides is 1. The Hall–Kier alpha value is -2.44. The van der Waals surface area contributed by atoms with Crippen molar-refractivity contribution in [2.45, 2.75) is 56.8 Å². The molecule has 4 rings (SSSR count). The largest absolute Gasteiger partial charge is 0.361 e. The third kappa shape index (κ3) is 2.95. The van der Waals surface area contributed by atoms with Gasteiger partial charge >= 0.3 is 5.69 Å². The van der Waals surface area contributed by atoms with Crippen molar-refractivity contribution in [2.24, 2.45) is 0 Å². The van der Waals surface area contributed by atoms with Crippen molar-refractivity contribution >= 4 is 5.82 Å². The smallest absolute Gasteiger partial charge is 0.330 e. The summed E-state index contributed by atoms with van der Waals surface area (Å²) in [6.07, 6.45) is 3.17. The molecular weight excluding hydrogens is 340 g/mol. The number of rotatable bonds is 2. The number of hydrogen-bond acceptors (Lipinski definition) is 3. The van der Waals surface area contributed by atoms with Crippen LogP contribution in [0.3, 0.4) is 0 Å². The molecule has 2 aliphatic rings. The maximum atomic E-state index is 14.8. The third-order valence-electron chi connectivity index (χ3n) is 5.44. The van der Waals surface area contributed by atoms with Crippen LogP contribution in [0.4, 0.5) is 14.6 Å². The van der Waals surface area contributed by atoms with Crippen molar-refractivity contribution in [1.82, 2.24) is 9.55 Å². The molecule has 2 unspecified atom stereocenters. The zero-order valence-electron chi connectivity index (χ0n) is 14.3. The third-order valence-corrected chi connectivity index (χ3v) is 5.44. The van der Waals surface area contributed by atoms with E-state index in [4.69, 9.17) is 0 Å². The van der Waals surface area contributed by atoms with Crippen LogP contribution in [0.1, 0.15) is 55.3 Å². The summed E-state index contributed by atoms with van der Waals surface area (Å²) in [6.45, 7) is 0. The lowest BCUT2D eigenvalue weighted by atomic mass is 9.93. The van der Waals surface area contributed by atoms with Crippen molar-refractivity contribution in [3.63, 3.8) is 0 Å². The first-order valence-electron chi connectivity index (χ1n) is 9.08. The van der Waals surface area contributed by atoms with E-state index in [1.54, 1.807) is 6.07 Å². The van der Waals surface area contributed by atoms with E-state index in [0.29, 0.717) is 5.56 Å². The van der Waals surface area contributed by atoms with Gasteiger partial charge in [0.1, 0.15) is 17.8 Å². The first-order valence-corrected chi connectivity index (χ1v) is 9.08. The topological polar surface area (TPSA) is 66.9 Å². The van der Waals surface area contributed by atoms with Gasteiger partial charge in [0.25, 0.3) is 5.56 Å². The van der Waals surface area contributed by atoms with Crippen LogP contribution in [-0.4, -0.2) is 15.7 Å². The van der Waals surface area contributed by atoms with Gasteiger partial charge in [-0.1, -0.05) is 31.4 Å². The molecule has 1 aliphatic carbocycles. The molecule has 5 nitrogen and oxygen atoms in total. The zero-order chi connectivity index (χ0) is 18.3. The fourth-order valence-corrected chi connectivity index (χ4v) is 4.12. The fourth-order valence-electron chi connectivity index (χ4n) is 4.12. The molecule has 1 fully saturated rings. The summed E-state index contributed by atoms with van der Waals surface area (Å²) in [5.41, 5.74) is -0.178. The summed E-state index contributed by atoms with van der Waals surface area (Å²) >= 11 is 0. The van der Waals surface area contributed by atoms with Crippen LogP contribution in [0.2, 0.25) is 0 Å². The Labute approximate surface area is 149 Å². The maximum Gasteiger partial charge on any atom is 0.330 e. The fraction of sp³-hybridized carbons (Fsp3) is 0.474. The molecule has 7 heteroatoms. The highest BCUT2D eigenvalue weighted by Gasteiger charge is 2.33. The highest BCUT2D eigenvalue weighted by Crippen LogP contribution is 2.32. The van der Waals surface area contributed by atoms with Crippen LogP contribution in [0.25, 0.3) is 0 Å². The Morgan fingerprint density at radius 1 is 1.12 bits per heavy atom. The molecule has 2 atom stereocenters. The predicted molar refractivity (Wildman–Crippen MR) is 94.8 cm³/mol. The van der Waals surface area contributed by atoms with Gasteiger partial charge in [-0.15, -0.1) is 0 Å². The van der Waals surface area contributed by atoms with Gasteiger partial charge in [-0.25, -0.2) is 13.6 Å². The Bertz CT molecular complexity index is 931. The summed E-state index contributed by atoms with van der Waals surface area (Å²) in [5, 5.41) is 2.89. The van der Waals surface area contributed by atoms with E-state index in [1.165, 1.54) is 22.8 Å². The van der Waals surface area contributed by atoms with Gasteiger partial charge in [-0.2, -0.15) is 0 Å². The minimum Gasteiger partial charge on any atom is -0.361 e. The Morgan fingerprint density at radius 2 is 1.88 bits per heavy atom. The normalized spacial score (nSPS) is 23.3. The van der Waals surface area contributed by atoms with Gasteiger partial charge in [-0.3, -0.25) is 14.3 Å². The van der Waals surface area contributed by atoms with E-state index < -0.39 is 29.3 Å². The second kappa shape index (κ2) is 6.70. The first kappa shape index (κ1) is 17.0. The SMILES string of the molecule is O=c1[nH]c2c(c(=O)n1C1CCCCC1)CC(F)C(c1cccc(F)c1)N2. The predicted octanol–water partition coefficient (Wildman–Crippen LogP) is 3.23. The van der Waals surface area contributed by atoms with E-state index in [0.717, 1.165) is 32.1 Å². The lowest BCUT2D eigenvalue weighted by molar-refractivity contribution is 0.281. The molecule has 0 saturated heterocycles. The number of aromatic amines is 1. The van der Waals surface area contributed by atoms with Crippen LogP contribution >= 0.6 is 0 Å². The van der Waals surface area contributed by atoms with Crippen LogP contribution in [0.5, 0.6) is 0 Å². The molecule has 0 bridgehead atoms. The van der Waals surface area contributed by atoms with Gasteiger partial charge in [-0.05, 0) is 30.5 Å². The molecular formula is C19H21F2N3O2. The average Bonchev–Trinajstić information content (AvgIpc) is 2.63. The average molecular weight is 361 g/mol. The molecule has 0 spiro atoms. The van der Waals surface area contributed by atoms with Gasteiger partial charge in [0.2, 0.25) is 0 Å². The second-order valence-corrected chi connectivity index (χ2v) is 7.15. The molecule has 138 valence electrons. The standard InChI is InChI=1S/C19H21F2N3O2/c20-12-6-4-5-11(9-12)16-15(21)10-14-17(22-16)23-19(26)24(18(14)25)13-7-2-1-3-8-13/h4-6,9,13,15-16,22H,1-3,7-8,10H2,(H,23,26). The van der Waals surface area contributed by atoms with E-state index in [-0.39, 0.29) is 23.8 Å². The number of H-pyrrole nitrogens is 1. The van der Waals surface area contributed by atoms with Gasteiger partial charge < -0.3 is 5.32 Å². The minimum absolute atomic E-state index is 0.105. The van der Waals surface area contributed by atoms with Gasteiger partial charge in [0, 0.05) is 12.5 Å².